The van der Waals surface area contributed by atoms with Gasteiger partial charge in [0.05, 0.1) is 13.7 Å². The molecule has 17 heavy (non-hydrogen) atoms. The lowest BCUT2D eigenvalue weighted by atomic mass is 10.2. The first kappa shape index (κ1) is 13.4. The third-order valence-electron chi connectivity index (χ3n) is 2.04. The molecular formula is C11H13F2NO3. The van der Waals surface area contributed by atoms with Crippen molar-refractivity contribution in [2.24, 2.45) is 5.73 Å². The second-order valence-electron chi connectivity index (χ2n) is 3.37. The van der Waals surface area contributed by atoms with E-state index in [0.29, 0.717) is 0 Å². The highest BCUT2D eigenvalue weighted by Gasteiger charge is 2.13. The average molecular weight is 245 g/mol. The molecule has 0 fully saturated rings. The molecule has 0 spiro atoms. The number of carbonyl (C=O) groups excluding carboxylic acids is 1. The van der Waals surface area contributed by atoms with Crippen molar-refractivity contribution in [2.75, 3.05) is 13.7 Å². The fraction of sp³-hybridized carbons (Fsp3) is 0.364. The molecule has 0 heterocycles. The summed E-state index contributed by atoms with van der Waals surface area (Å²) < 4.78 is 35.0. The summed E-state index contributed by atoms with van der Waals surface area (Å²) in [5, 5.41) is 0. The van der Waals surface area contributed by atoms with Crippen LogP contribution in [0, 0.1) is 11.6 Å². The number of halogens is 2. The predicted molar refractivity (Wildman–Crippen MR) is 56.5 cm³/mol. The summed E-state index contributed by atoms with van der Waals surface area (Å²) in [5.74, 6) is -1.95. The normalized spacial score (nSPS) is 12.0. The molecule has 6 heteroatoms. The summed E-state index contributed by atoms with van der Waals surface area (Å²) >= 11 is 0. The van der Waals surface area contributed by atoms with E-state index in [2.05, 4.69) is 4.74 Å². The van der Waals surface area contributed by atoms with Gasteiger partial charge < -0.3 is 15.2 Å². The van der Waals surface area contributed by atoms with E-state index in [1.807, 2.05) is 0 Å². The smallest absolute Gasteiger partial charge is 0.322 e. The molecule has 0 amide bonds. The fourth-order valence-electron chi connectivity index (χ4n) is 1.18. The van der Waals surface area contributed by atoms with Crippen LogP contribution in [0.3, 0.4) is 0 Å². The van der Waals surface area contributed by atoms with E-state index in [4.69, 9.17) is 10.5 Å². The number of ether oxygens (including phenoxy) is 2. The van der Waals surface area contributed by atoms with Crippen LogP contribution < -0.4 is 10.5 Å². The molecule has 0 bridgehead atoms. The Kier molecular flexibility index (Phi) is 4.84. The highest BCUT2D eigenvalue weighted by atomic mass is 19.1. The Balaban J connectivity index is 2.43. The number of methoxy groups -OCH3 is 1. The number of esters is 1. The monoisotopic (exact) mass is 245 g/mol. The van der Waals surface area contributed by atoms with Crippen LogP contribution in [0.25, 0.3) is 0 Å². The van der Waals surface area contributed by atoms with Gasteiger partial charge in [0.15, 0.2) is 0 Å². The van der Waals surface area contributed by atoms with Gasteiger partial charge in [-0.2, -0.15) is 0 Å². The van der Waals surface area contributed by atoms with Crippen molar-refractivity contribution in [2.45, 2.75) is 12.5 Å². The lowest BCUT2D eigenvalue weighted by Gasteiger charge is -2.10. The fourth-order valence-corrected chi connectivity index (χ4v) is 1.18. The third-order valence-corrected chi connectivity index (χ3v) is 2.04. The van der Waals surface area contributed by atoms with E-state index in [1.54, 1.807) is 0 Å². The van der Waals surface area contributed by atoms with Crippen LogP contribution in [0.1, 0.15) is 6.42 Å². The highest BCUT2D eigenvalue weighted by molar-refractivity contribution is 5.75. The molecule has 0 aromatic heterocycles. The van der Waals surface area contributed by atoms with Gasteiger partial charge in [0.2, 0.25) is 0 Å². The lowest BCUT2D eigenvalue weighted by Crippen LogP contribution is -2.33. The van der Waals surface area contributed by atoms with Crippen molar-refractivity contribution < 1.29 is 23.0 Å². The van der Waals surface area contributed by atoms with Crippen LogP contribution >= 0.6 is 0 Å². The summed E-state index contributed by atoms with van der Waals surface area (Å²) in [5.41, 5.74) is 5.45. The van der Waals surface area contributed by atoms with Crippen LogP contribution in [0.15, 0.2) is 18.2 Å². The van der Waals surface area contributed by atoms with Crippen LogP contribution in [0.5, 0.6) is 5.75 Å². The molecule has 94 valence electrons. The first-order chi connectivity index (χ1) is 8.02. The van der Waals surface area contributed by atoms with Crippen molar-refractivity contribution in [3.63, 3.8) is 0 Å². The number of benzene rings is 1. The molecule has 1 unspecified atom stereocenters. The van der Waals surface area contributed by atoms with E-state index in [1.165, 1.54) is 7.11 Å². The maximum absolute atomic E-state index is 12.8. The van der Waals surface area contributed by atoms with E-state index in [0.717, 1.165) is 18.2 Å². The van der Waals surface area contributed by atoms with Crippen molar-refractivity contribution in [1.29, 1.82) is 0 Å². The Morgan fingerprint density at radius 1 is 1.35 bits per heavy atom. The predicted octanol–water partition coefficient (Wildman–Crippen LogP) is 1.23. The molecule has 0 aliphatic carbocycles. The summed E-state index contributed by atoms with van der Waals surface area (Å²) in [6.45, 7) is 0.0686. The molecule has 0 aliphatic heterocycles. The molecule has 1 rings (SSSR count). The van der Waals surface area contributed by atoms with Gasteiger partial charge in [0.25, 0.3) is 0 Å². The van der Waals surface area contributed by atoms with Gasteiger partial charge in [-0.25, -0.2) is 8.78 Å². The molecule has 1 aromatic rings. The number of carbonyl (C=O) groups is 1. The van der Waals surface area contributed by atoms with E-state index < -0.39 is 23.6 Å². The summed E-state index contributed by atoms with van der Waals surface area (Å²) in [6.07, 6.45) is 0.199. The zero-order chi connectivity index (χ0) is 12.8. The van der Waals surface area contributed by atoms with Crippen molar-refractivity contribution in [3.05, 3.63) is 29.8 Å². The third kappa shape index (κ3) is 4.36. The Morgan fingerprint density at radius 2 is 1.94 bits per heavy atom. The first-order valence-corrected chi connectivity index (χ1v) is 4.95. The Morgan fingerprint density at radius 3 is 2.47 bits per heavy atom. The molecule has 1 atom stereocenters. The van der Waals surface area contributed by atoms with E-state index in [9.17, 15) is 13.6 Å². The molecular weight excluding hydrogens is 232 g/mol. The summed E-state index contributed by atoms with van der Waals surface area (Å²) in [7, 11) is 1.23. The Hall–Kier alpha value is -1.69. The molecule has 0 aliphatic rings. The van der Waals surface area contributed by atoms with Crippen LogP contribution in [-0.4, -0.2) is 25.7 Å². The van der Waals surface area contributed by atoms with Gasteiger partial charge >= 0.3 is 5.97 Å². The van der Waals surface area contributed by atoms with Crippen LogP contribution in [0.2, 0.25) is 0 Å². The standard InChI is InChI=1S/C11H13F2NO3/c1-16-11(15)10(14)2-3-17-9-5-7(12)4-8(13)6-9/h4-6,10H,2-3,14H2,1H3. The van der Waals surface area contributed by atoms with Gasteiger partial charge in [-0.3, -0.25) is 4.79 Å². The highest BCUT2D eigenvalue weighted by Crippen LogP contribution is 2.15. The quantitative estimate of drug-likeness (QED) is 0.793. The molecule has 1 aromatic carbocycles. The van der Waals surface area contributed by atoms with Gasteiger partial charge in [-0.05, 0) is 0 Å². The Labute approximate surface area is 97.3 Å². The minimum atomic E-state index is -0.807. The number of hydrogen-bond donors (Lipinski definition) is 1. The average Bonchev–Trinajstić information content (AvgIpc) is 2.26. The summed E-state index contributed by atoms with van der Waals surface area (Å²) in [4.78, 5) is 10.9. The largest absolute Gasteiger partial charge is 0.493 e. The SMILES string of the molecule is COC(=O)C(N)CCOc1cc(F)cc(F)c1. The van der Waals surface area contributed by atoms with Gasteiger partial charge in [0.1, 0.15) is 23.4 Å². The van der Waals surface area contributed by atoms with Gasteiger partial charge in [0, 0.05) is 24.6 Å². The number of hydrogen-bond acceptors (Lipinski definition) is 4. The number of nitrogens with two attached hydrogens (primary N) is 1. The molecule has 0 saturated carbocycles. The zero-order valence-corrected chi connectivity index (χ0v) is 9.28. The van der Waals surface area contributed by atoms with E-state index in [-0.39, 0.29) is 18.8 Å². The van der Waals surface area contributed by atoms with Crippen LogP contribution in [-0.2, 0) is 9.53 Å². The molecule has 0 radical (unpaired) electrons. The van der Waals surface area contributed by atoms with Crippen molar-refractivity contribution >= 4 is 5.97 Å². The van der Waals surface area contributed by atoms with Gasteiger partial charge in [-0.1, -0.05) is 0 Å². The van der Waals surface area contributed by atoms with Crippen molar-refractivity contribution in [3.8, 4) is 5.75 Å². The lowest BCUT2D eigenvalue weighted by molar-refractivity contribution is -0.142. The summed E-state index contributed by atoms with van der Waals surface area (Å²) in [6, 6.07) is 2.03. The second kappa shape index (κ2) is 6.15. The molecule has 2 N–H and O–H groups in total. The maximum atomic E-state index is 12.8. The maximum Gasteiger partial charge on any atom is 0.322 e. The molecule has 4 nitrogen and oxygen atoms in total. The minimum absolute atomic E-state index is 0.0552. The van der Waals surface area contributed by atoms with E-state index >= 15 is 0 Å². The minimum Gasteiger partial charge on any atom is -0.493 e. The van der Waals surface area contributed by atoms with Gasteiger partial charge in [-0.15, -0.1) is 0 Å². The van der Waals surface area contributed by atoms with Crippen LogP contribution in [0.4, 0.5) is 8.78 Å². The first-order valence-electron chi connectivity index (χ1n) is 4.95. The number of rotatable bonds is 5. The topological polar surface area (TPSA) is 61.5 Å². The Bertz CT molecular complexity index is 378. The zero-order valence-electron chi connectivity index (χ0n) is 9.28. The van der Waals surface area contributed by atoms with Crippen molar-refractivity contribution in [1.82, 2.24) is 0 Å². The second-order valence-corrected chi connectivity index (χ2v) is 3.37. The molecule has 0 saturated heterocycles.